The van der Waals surface area contributed by atoms with Crippen molar-refractivity contribution in [1.29, 1.82) is 0 Å². The van der Waals surface area contributed by atoms with Crippen LogP contribution in [0.4, 0.5) is 0 Å². The normalized spacial score (nSPS) is 20.4. The minimum Gasteiger partial charge on any atom is -0.274 e. The highest BCUT2D eigenvalue weighted by atomic mass is 16.2. The summed E-state index contributed by atoms with van der Waals surface area (Å²) < 4.78 is 1.80. The molecular formula is C11H18N4O. The molecule has 2 heterocycles. The van der Waals surface area contributed by atoms with E-state index in [2.05, 4.69) is 24.4 Å². The second-order valence-corrected chi connectivity index (χ2v) is 4.75. The molecule has 16 heavy (non-hydrogen) atoms. The molecule has 1 amide bonds. The van der Waals surface area contributed by atoms with Crippen LogP contribution in [-0.2, 0) is 0 Å². The molecule has 2 rings (SSSR count). The summed E-state index contributed by atoms with van der Waals surface area (Å²) in [6.07, 6.45) is 1.03. The molecule has 5 nitrogen and oxygen atoms in total. The maximum Gasteiger partial charge on any atom is 0.286 e. The summed E-state index contributed by atoms with van der Waals surface area (Å²) in [5, 5.41) is 5.92. The van der Waals surface area contributed by atoms with Crippen molar-refractivity contribution in [3.05, 3.63) is 17.5 Å². The number of fused-ring (bicyclic) bond motifs is 1. The van der Waals surface area contributed by atoms with Gasteiger partial charge in [0.15, 0.2) is 0 Å². The number of hydrogen-bond acceptors (Lipinski definition) is 3. The second-order valence-electron chi connectivity index (χ2n) is 4.75. The Labute approximate surface area is 95.4 Å². The van der Waals surface area contributed by atoms with E-state index >= 15 is 0 Å². The van der Waals surface area contributed by atoms with Gasteiger partial charge in [0.1, 0.15) is 11.9 Å². The van der Waals surface area contributed by atoms with E-state index in [1.165, 1.54) is 0 Å². The highest BCUT2D eigenvalue weighted by molar-refractivity contribution is 5.92. The zero-order valence-corrected chi connectivity index (χ0v) is 10.2. The number of rotatable bonds is 2. The number of carbonyl (C=O) groups is 1. The van der Waals surface area contributed by atoms with Crippen LogP contribution in [0.5, 0.6) is 0 Å². The molecule has 1 aliphatic heterocycles. The van der Waals surface area contributed by atoms with Crippen LogP contribution in [0.1, 0.15) is 42.6 Å². The first kappa shape index (κ1) is 11.1. The van der Waals surface area contributed by atoms with Gasteiger partial charge in [0.05, 0.1) is 5.69 Å². The molecule has 0 spiro atoms. The topological polar surface area (TPSA) is 50.2 Å². The van der Waals surface area contributed by atoms with Crippen molar-refractivity contribution in [2.24, 2.45) is 5.92 Å². The Morgan fingerprint density at radius 2 is 2.25 bits per heavy atom. The summed E-state index contributed by atoms with van der Waals surface area (Å²) in [4.78, 5) is 11.9. The number of amides is 1. The predicted octanol–water partition coefficient (Wildman–Crippen LogP) is 1.33. The highest BCUT2D eigenvalue weighted by Crippen LogP contribution is 2.22. The summed E-state index contributed by atoms with van der Waals surface area (Å²) in [5.74, 6) is 0.525. The Bertz CT molecular complexity index is 410. The fourth-order valence-corrected chi connectivity index (χ4v) is 2.02. The molecule has 0 saturated carbocycles. The third-order valence-corrected chi connectivity index (χ3v) is 2.71. The molecule has 1 unspecified atom stereocenters. The maximum atomic E-state index is 11.9. The van der Waals surface area contributed by atoms with E-state index in [1.54, 1.807) is 16.7 Å². The summed E-state index contributed by atoms with van der Waals surface area (Å²) in [5.41, 5.74) is 4.71. The van der Waals surface area contributed by atoms with Gasteiger partial charge < -0.3 is 0 Å². The SMILES string of the molecule is Cc1cc2n(n1)C(CC(C)C)NN(C)C2=O. The molecule has 0 saturated heterocycles. The van der Waals surface area contributed by atoms with Crippen molar-refractivity contribution in [3.8, 4) is 0 Å². The molecule has 0 fully saturated rings. The number of aryl methyl sites for hydroxylation is 1. The standard InChI is InChI=1S/C11H18N4O/c1-7(2)5-10-13-14(4)11(16)9-6-8(3)12-15(9)10/h6-7,10,13H,5H2,1-4H3. The summed E-state index contributed by atoms with van der Waals surface area (Å²) in [6.45, 7) is 6.23. The van der Waals surface area contributed by atoms with Crippen molar-refractivity contribution in [2.45, 2.75) is 33.4 Å². The molecule has 0 bridgehead atoms. The predicted molar refractivity (Wildman–Crippen MR) is 60.7 cm³/mol. The number of nitrogens with one attached hydrogen (secondary N) is 1. The van der Waals surface area contributed by atoms with Gasteiger partial charge in [-0.15, -0.1) is 0 Å². The summed E-state index contributed by atoms with van der Waals surface area (Å²) in [7, 11) is 1.75. The van der Waals surface area contributed by atoms with E-state index in [0.717, 1.165) is 12.1 Å². The molecule has 1 aliphatic rings. The molecule has 1 N–H and O–H groups in total. The van der Waals surface area contributed by atoms with Crippen molar-refractivity contribution in [1.82, 2.24) is 20.2 Å². The Balaban J connectivity index is 2.36. The minimum atomic E-state index is -0.0272. The lowest BCUT2D eigenvalue weighted by Crippen LogP contribution is -2.50. The fourth-order valence-electron chi connectivity index (χ4n) is 2.02. The smallest absolute Gasteiger partial charge is 0.274 e. The quantitative estimate of drug-likeness (QED) is 0.821. The summed E-state index contributed by atoms with van der Waals surface area (Å²) in [6, 6.07) is 1.84. The number of nitrogens with zero attached hydrogens (tertiary/aromatic N) is 3. The van der Waals surface area contributed by atoms with Crippen LogP contribution in [0, 0.1) is 12.8 Å². The van der Waals surface area contributed by atoms with Crippen LogP contribution < -0.4 is 5.43 Å². The van der Waals surface area contributed by atoms with Gasteiger partial charge in [-0.05, 0) is 25.3 Å². The fraction of sp³-hybridized carbons (Fsp3) is 0.636. The van der Waals surface area contributed by atoms with Gasteiger partial charge in [-0.1, -0.05) is 13.8 Å². The Morgan fingerprint density at radius 1 is 1.56 bits per heavy atom. The number of hydrogen-bond donors (Lipinski definition) is 1. The lowest BCUT2D eigenvalue weighted by atomic mass is 10.1. The van der Waals surface area contributed by atoms with Gasteiger partial charge in [-0.25, -0.2) is 10.1 Å². The largest absolute Gasteiger partial charge is 0.286 e. The van der Waals surface area contributed by atoms with E-state index < -0.39 is 0 Å². The van der Waals surface area contributed by atoms with Crippen LogP contribution in [0.3, 0.4) is 0 Å². The van der Waals surface area contributed by atoms with Gasteiger partial charge in [0, 0.05) is 7.05 Å². The van der Waals surface area contributed by atoms with Gasteiger partial charge in [-0.3, -0.25) is 9.80 Å². The lowest BCUT2D eigenvalue weighted by Gasteiger charge is -2.32. The number of carbonyl (C=O) groups excluding carboxylic acids is 1. The van der Waals surface area contributed by atoms with Crippen molar-refractivity contribution in [2.75, 3.05) is 7.05 Å². The van der Waals surface area contributed by atoms with E-state index in [9.17, 15) is 4.79 Å². The molecule has 0 radical (unpaired) electrons. The van der Waals surface area contributed by atoms with Crippen LogP contribution in [0.2, 0.25) is 0 Å². The van der Waals surface area contributed by atoms with Gasteiger partial charge in [-0.2, -0.15) is 5.10 Å². The van der Waals surface area contributed by atoms with Crippen LogP contribution in [-0.4, -0.2) is 27.7 Å². The molecule has 1 aromatic heterocycles. The number of aromatic nitrogens is 2. The zero-order chi connectivity index (χ0) is 11.9. The molecule has 0 aliphatic carbocycles. The highest BCUT2D eigenvalue weighted by Gasteiger charge is 2.30. The van der Waals surface area contributed by atoms with E-state index in [-0.39, 0.29) is 12.1 Å². The van der Waals surface area contributed by atoms with Crippen molar-refractivity contribution in [3.63, 3.8) is 0 Å². The van der Waals surface area contributed by atoms with E-state index in [4.69, 9.17) is 0 Å². The minimum absolute atomic E-state index is 0.0272. The van der Waals surface area contributed by atoms with Crippen LogP contribution in [0.25, 0.3) is 0 Å². The second kappa shape index (κ2) is 3.90. The monoisotopic (exact) mass is 222 g/mol. The van der Waals surface area contributed by atoms with Crippen molar-refractivity contribution < 1.29 is 4.79 Å². The van der Waals surface area contributed by atoms with Crippen LogP contribution in [0.15, 0.2) is 6.07 Å². The molecule has 88 valence electrons. The molecular weight excluding hydrogens is 204 g/mol. The number of hydrazine groups is 1. The first-order valence-electron chi connectivity index (χ1n) is 5.59. The maximum absolute atomic E-state index is 11.9. The van der Waals surface area contributed by atoms with E-state index in [0.29, 0.717) is 11.6 Å². The molecule has 0 aromatic carbocycles. The molecule has 5 heteroatoms. The average Bonchev–Trinajstić information content (AvgIpc) is 2.56. The third-order valence-electron chi connectivity index (χ3n) is 2.71. The van der Waals surface area contributed by atoms with Gasteiger partial charge >= 0.3 is 0 Å². The molecule has 1 atom stereocenters. The first-order chi connectivity index (χ1) is 7.49. The lowest BCUT2D eigenvalue weighted by molar-refractivity contribution is 0.0504. The van der Waals surface area contributed by atoms with E-state index in [1.807, 2.05) is 13.0 Å². The zero-order valence-electron chi connectivity index (χ0n) is 10.2. The summed E-state index contributed by atoms with van der Waals surface area (Å²) >= 11 is 0. The average molecular weight is 222 g/mol. The Kier molecular flexibility index (Phi) is 2.71. The Morgan fingerprint density at radius 3 is 2.88 bits per heavy atom. The third kappa shape index (κ3) is 1.82. The molecule has 1 aromatic rings. The van der Waals surface area contributed by atoms with Gasteiger partial charge in [0.2, 0.25) is 0 Å². The Hall–Kier alpha value is -1.36. The van der Waals surface area contributed by atoms with Crippen LogP contribution >= 0.6 is 0 Å². The van der Waals surface area contributed by atoms with Gasteiger partial charge in [0.25, 0.3) is 5.91 Å². The first-order valence-corrected chi connectivity index (χ1v) is 5.59. The van der Waals surface area contributed by atoms with Crippen molar-refractivity contribution >= 4 is 5.91 Å².